The molecule has 0 aliphatic carbocycles. The molecule has 2 rings (SSSR count). The Labute approximate surface area is 92.9 Å². The second-order valence-corrected chi connectivity index (χ2v) is 3.36. The van der Waals surface area contributed by atoms with Crippen molar-refractivity contribution in [3.05, 3.63) is 36.5 Å². The van der Waals surface area contributed by atoms with Gasteiger partial charge in [-0.05, 0) is 12.1 Å². The number of para-hydroxylation sites is 1. The van der Waals surface area contributed by atoms with Gasteiger partial charge in [0, 0.05) is 11.6 Å². The lowest BCUT2D eigenvalue weighted by molar-refractivity contribution is -0.113. The lowest BCUT2D eigenvalue weighted by Crippen LogP contribution is -2.12. The minimum atomic E-state index is -0.178. The Balaban J connectivity index is 2.46. The Kier molecular flexibility index (Phi) is 2.87. The molecule has 0 saturated carbocycles. The van der Waals surface area contributed by atoms with Crippen molar-refractivity contribution in [1.82, 2.24) is 4.98 Å². The molecule has 2 aromatic rings. The molecule has 1 aromatic heterocycles. The van der Waals surface area contributed by atoms with Crippen molar-refractivity contribution in [1.29, 1.82) is 0 Å². The Bertz CT molecular complexity index is 493. The van der Waals surface area contributed by atoms with Crippen LogP contribution in [0.15, 0.2) is 36.5 Å². The Morgan fingerprint density at radius 2 is 2.13 bits per heavy atom. The van der Waals surface area contributed by atoms with Gasteiger partial charge in [-0.25, -0.2) is 0 Å². The normalized spacial score (nSPS) is 10.2. The van der Waals surface area contributed by atoms with E-state index in [1.807, 2.05) is 30.3 Å². The summed E-state index contributed by atoms with van der Waals surface area (Å²) in [6, 6.07) is 9.46. The number of anilines is 1. The zero-order valence-electron chi connectivity index (χ0n) is 7.93. The highest BCUT2D eigenvalue weighted by molar-refractivity contribution is 7.81. The second-order valence-electron chi connectivity index (χ2n) is 3.07. The molecule has 1 N–H and O–H groups in total. The number of fused-ring (bicyclic) bond motifs is 1. The third-order valence-corrected chi connectivity index (χ3v) is 2.30. The van der Waals surface area contributed by atoms with Gasteiger partial charge >= 0.3 is 0 Å². The van der Waals surface area contributed by atoms with Crippen molar-refractivity contribution in [2.45, 2.75) is 0 Å². The zero-order chi connectivity index (χ0) is 10.7. The molecule has 1 amide bonds. The van der Waals surface area contributed by atoms with Crippen molar-refractivity contribution in [3.8, 4) is 0 Å². The minimum absolute atomic E-state index is 0.0588. The zero-order valence-corrected chi connectivity index (χ0v) is 8.75. The molecular formula is C11H9N2OS. The average Bonchev–Trinajstić information content (AvgIpc) is 2.29. The molecule has 0 fully saturated rings. The van der Waals surface area contributed by atoms with Gasteiger partial charge in [-0.15, -0.1) is 0 Å². The molecule has 3 nitrogen and oxygen atoms in total. The standard InChI is InChI=1S/C11H9N2OS/c14-10(7-15)13-9-5-1-3-8-4-2-6-12-11(8)9/h1-6H,7H2,(H,13,14). The van der Waals surface area contributed by atoms with E-state index in [0.717, 1.165) is 10.9 Å². The van der Waals surface area contributed by atoms with Crippen LogP contribution in [0.4, 0.5) is 5.69 Å². The number of carbonyl (C=O) groups is 1. The summed E-state index contributed by atoms with van der Waals surface area (Å²) in [6.07, 6.45) is 1.70. The van der Waals surface area contributed by atoms with E-state index >= 15 is 0 Å². The molecule has 4 heteroatoms. The third kappa shape index (κ3) is 2.10. The first kappa shape index (κ1) is 9.98. The molecule has 0 aliphatic rings. The van der Waals surface area contributed by atoms with Gasteiger partial charge in [0.15, 0.2) is 0 Å². The minimum Gasteiger partial charge on any atom is -0.323 e. The van der Waals surface area contributed by atoms with E-state index in [-0.39, 0.29) is 11.7 Å². The van der Waals surface area contributed by atoms with Crippen LogP contribution in [0.25, 0.3) is 10.9 Å². The van der Waals surface area contributed by atoms with Gasteiger partial charge in [-0.2, -0.15) is 0 Å². The lowest BCUT2D eigenvalue weighted by atomic mass is 10.2. The topological polar surface area (TPSA) is 42.0 Å². The molecule has 1 heterocycles. The maximum absolute atomic E-state index is 11.2. The highest BCUT2D eigenvalue weighted by Gasteiger charge is 2.04. The van der Waals surface area contributed by atoms with Crippen LogP contribution in [0, 0.1) is 0 Å². The van der Waals surface area contributed by atoms with Crippen LogP contribution in [0.5, 0.6) is 0 Å². The molecular weight excluding hydrogens is 208 g/mol. The number of pyridine rings is 1. The van der Waals surface area contributed by atoms with E-state index in [4.69, 9.17) is 0 Å². The fraction of sp³-hybridized carbons (Fsp3) is 0.0909. The lowest BCUT2D eigenvalue weighted by Gasteiger charge is -2.05. The number of aromatic nitrogens is 1. The molecule has 0 saturated heterocycles. The number of amides is 1. The molecule has 1 radical (unpaired) electrons. The Morgan fingerprint density at radius 3 is 2.93 bits per heavy atom. The SMILES string of the molecule is O=C(C[S])Nc1cccc2cccnc12. The van der Waals surface area contributed by atoms with E-state index in [0.29, 0.717) is 5.69 Å². The fourth-order valence-corrected chi connectivity index (χ4v) is 1.46. The molecule has 15 heavy (non-hydrogen) atoms. The number of carbonyl (C=O) groups excluding carboxylic acids is 1. The predicted molar refractivity (Wildman–Crippen MR) is 62.8 cm³/mol. The van der Waals surface area contributed by atoms with E-state index in [9.17, 15) is 4.79 Å². The summed E-state index contributed by atoms with van der Waals surface area (Å²) in [5.41, 5.74) is 1.50. The van der Waals surface area contributed by atoms with Crippen LogP contribution in [0.2, 0.25) is 0 Å². The monoisotopic (exact) mass is 217 g/mol. The van der Waals surface area contributed by atoms with Crippen molar-refractivity contribution < 1.29 is 4.79 Å². The summed E-state index contributed by atoms with van der Waals surface area (Å²) in [5.74, 6) is -0.119. The average molecular weight is 217 g/mol. The van der Waals surface area contributed by atoms with E-state index in [1.165, 1.54) is 0 Å². The van der Waals surface area contributed by atoms with E-state index in [2.05, 4.69) is 22.9 Å². The first-order valence-corrected chi connectivity index (χ1v) is 5.10. The van der Waals surface area contributed by atoms with Gasteiger partial charge in [-0.3, -0.25) is 9.78 Å². The van der Waals surface area contributed by atoms with Gasteiger partial charge in [0.1, 0.15) is 0 Å². The summed E-state index contributed by atoms with van der Waals surface area (Å²) in [7, 11) is 0. The number of hydrogen-bond acceptors (Lipinski definition) is 2. The summed E-state index contributed by atoms with van der Waals surface area (Å²) >= 11 is 4.66. The number of benzene rings is 1. The smallest absolute Gasteiger partial charge is 0.235 e. The van der Waals surface area contributed by atoms with Crippen LogP contribution in [-0.4, -0.2) is 16.6 Å². The molecule has 0 aliphatic heterocycles. The third-order valence-electron chi connectivity index (χ3n) is 2.04. The highest BCUT2D eigenvalue weighted by atomic mass is 32.1. The molecule has 0 bridgehead atoms. The van der Waals surface area contributed by atoms with Gasteiger partial charge in [0.05, 0.1) is 17.0 Å². The number of rotatable bonds is 2. The largest absolute Gasteiger partial charge is 0.323 e. The summed E-state index contributed by atoms with van der Waals surface area (Å²) < 4.78 is 0. The van der Waals surface area contributed by atoms with E-state index in [1.54, 1.807) is 6.20 Å². The Hall–Kier alpha value is -1.55. The van der Waals surface area contributed by atoms with Gasteiger partial charge in [-0.1, -0.05) is 30.8 Å². The van der Waals surface area contributed by atoms with E-state index < -0.39 is 0 Å². The van der Waals surface area contributed by atoms with Gasteiger partial charge in [0.2, 0.25) is 5.91 Å². The van der Waals surface area contributed by atoms with Crippen molar-refractivity contribution in [3.63, 3.8) is 0 Å². The highest BCUT2D eigenvalue weighted by Crippen LogP contribution is 2.20. The van der Waals surface area contributed by atoms with Crippen LogP contribution in [0.3, 0.4) is 0 Å². The van der Waals surface area contributed by atoms with Crippen molar-refractivity contribution >= 4 is 35.1 Å². The summed E-state index contributed by atoms with van der Waals surface area (Å²) in [4.78, 5) is 15.4. The number of nitrogens with zero attached hydrogens (tertiary/aromatic N) is 1. The van der Waals surface area contributed by atoms with Gasteiger partial charge < -0.3 is 5.32 Å². The van der Waals surface area contributed by atoms with Crippen LogP contribution in [0.1, 0.15) is 0 Å². The Morgan fingerprint density at radius 1 is 1.33 bits per heavy atom. The molecule has 0 unspecified atom stereocenters. The molecule has 1 aromatic carbocycles. The number of nitrogens with one attached hydrogen (secondary N) is 1. The van der Waals surface area contributed by atoms with Crippen molar-refractivity contribution in [2.75, 3.05) is 11.1 Å². The van der Waals surface area contributed by atoms with Crippen LogP contribution < -0.4 is 5.32 Å². The maximum Gasteiger partial charge on any atom is 0.235 e. The first-order valence-electron chi connectivity index (χ1n) is 4.53. The maximum atomic E-state index is 11.2. The molecule has 75 valence electrons. The second kappa shape index (κ2) is 4.31. The fourth-order valence-electron chi connectivity index (χ4n) is 1.39. The predicted octanol–water partition coefficient (Wildman–Crippen LogP) is 2.37. The number of hydrogen-bond donors (Lipinski definition) is 1. The van der Waals surface area contributed by atoms with Crippen LogP contribution in [-0.2, 0) is 4.79 Å². The summed E-state index contributed by atoms with van der Waals surface area (Å²) in [5, 5.41) is 3.73. The van der Waals surface area contributed by atoms with Gasteiger partial charge in [0.25, 0.3) is 0 Å². The molecule has 0 atom stereocenters. The molecule has 0 spiro atoms. The summed E-state index contributed by atoms with van der Waals surface area (Å²) in [6.45, 7) is 0. The first-order chi connectivity index (χ1) is 7.31. The van der Waals surface area contributed by atoms with Crippen LogP contribution >= 0.6 is 12.6 Å². The quantitative estimate of drug-likeness (QED) is 0.839. The van der Waals surface area contributed by atoms with Crippen molar-refractivity contribution in [2.24, 2.45) is 0 Å².